The quantitative estimate of drug-likeness (QED) is 0.456. The average molecular weight is 475 g/mol. The third-order valence-electron chi connectivity index (χ3n) is 6.65. The summed E-state index contributed by atoms with van der Waals surface area (Å²) < 4.78 is 6.09. The van der Waals surface area contributed by atoms with Crippen molar-refractivity contribution in [3.63, 3.8) is 0 Å². The Morgan fingerprint density at radius 1 is 1.06 bits per heavy atom. The molecule has 5 nitrogen and oxygen atoms in total. The number of carbonyl (C=O) groups is 2. The third-order valence-corrected chi connectivity index (χ3v) is 7.65. The molecule has 1 saturated carbocycles. The smallest absolute Gasteiger partial charge is 0.254 e. The van der Waals surface area contributed by atoms with Crippen LogP contribution in [0.4, 0.5) is 0 Å². The van der Waals surface area contributed by atoms with E-state index in [0.29, 0.717) is 31.2 Å². The molecule has 0 spiro atoms. The molecule has 5 rings (SSSR count). The van der Waals surface area contributed by atoms with Crippen molar-refractivity contribution in [3.05, 3.63) is 87.6 Å². The molecular weight excluding hydrogens is 444 g/mol. The molecule has 1 atom stereocenters. The van der Waals surface area contributed by atoms with Crippen LogP contribution in [0.3, 0.4) is 0 Å². The molecule has 0 N–H and O–H groups in total. The van der Waals surface area contributed by atoms with E-state index >= 15 is 0 Å². The van der Waals surface area contributed by atoms with Crippen molar-refractivity contribution in [2.24, 2.45) is 5.92 Å². The Kier molecular flexibility index (Phi) is 6.68. The van der Waals surface area contributed by atoms with E-state index < -0.39 is 0 Å². The Labute approximate surface area is 205 Å². The lowest BCUT2D eigenvalue weighted by molar-refractivity contribution is -0.135. The minimum atomic E-state index is -0.153. The number of aryl methyl sites for hydroxylation is 1. The zero-order valence-corrected chi connectivity index (χ0v) is 20.3. The van der Waals surface area contributed by atoms with Gasteiger partial charge in [0.1, 0.15) is 18.9 Å². The maximum Gasteiger partial charge on any atom is 0.254 e. The highest BCUT2D eigenvalue weighted by Gasteiger charge is 2.35. The number of carbonyl (C=O) groups excluding carboxylic acids is 2. The van der Waals surface area contributed by atoms with Gasteiger partial charge in [0.25, 0.3) is 5.91 Å². The summed E-state index contributed by atoms with van der Waals surface area (Å²) in [6.07, 6.45) is 3.10. The maximum atomic E-state index is 13.6. The second-order valence-corrected chi connectivity index (χ2v) is 10.3. The number of amides is 2. The van der Waals surface area contributed by atoms with Crippen LogP contribution in [0, 0.1) is 12.8 Å². The number of hydrogen-bond donors (Lipinski definition) is 0. The molecule has 3 aromatic rings. The standard InChI is InChI=1S/C28H30N2O3S/c1-20-7-11-22(12-8-20)28(32)29(17-21-9-10-21)18-27(31)30-15-13-26-24(14-16-34-26)25(30)19-33-23-5-3-2-4-6-23/h2-8,11-12,14,16,21,25H,9-10,13,15,17-19H2,1H3. The minimum absolute atomic E-state index is 0.0142. The van der Waals surface area contributed by atoms with Gasteiger partial charge in [-0.3, -0.25) is 9.59 Å². The second-order valence-electron chi connectivity index (χ2n) is 9.27. The first-order valence-corrected chi connectivity index (χ1v) is 12.9. The van der Waals surface area contributed by atoms with Gasteiger partial charge in [-0.15, -0.1) is 11.3 Å². The van der Waals surface area contributed by atoms with Crippen LogP contribution in [0.2, 0.25) is 0 Å². The molecule has 2 heterocycles. The first-order valence-electron chi connectivity index (χ1n) is 12.0. The lowest BCUT2D eigenvalue weighted by Gasteiger charge is -2.37. The van der Waals surface area contributed by atoms with Crippen LogP contribution in [0.5, 0.6) is 5.75 Å². The Bertz CT molecular complexity index is 1140. The number of fused-ring (bicyclic) bond motifs is 1. The largest absolute Gasteiger partial charge is 0.491 e. The number of thiophene rings is 1. The fourth-order valence-corrected chi connectivity index (χ4v) is 5.46. The summed E-state index contributed by atoms with van der Waals surface area (Å²) in [5, 5.41) is 2.09. The highest BCUT2D eigenvalue weighted by Crippen LogP contribution is 2.34. The SMILES string of the molecule is Cc1ccc(C(=O)N(CC(=O)N2CCc3sccc3C2COc2ccccc2)CC2CC2)cc1. The molecule has 0 saturated heterocycles. The molecule has 1 fully saturated rings. The second kappa shape index (κ2) is 10.0. The van der Waals surface area contributed by atoms with Crippen molar-refractivity contribution >= 4 is 23.2 Å². The molecule has 1 aliphatic carbocycles. The van der Waals surface area contributed by atoms with Gasteiger partial charge in [0, 0.05) is 23.5 Å². The highest BCUT2D eigenvalue weighted by molar-refractivity contribution is 7.10. The van der Waals surface area contributed by atoms with E-state index in [4.69, 9.17) is 4.74 Å². The fraction of sp³-hybridized carbons (Fsp3) is 0.357. The molecule has 1 aromatic heterocycles. The van der Waals surface area contributed by atoms with Crippen molar-refractivity contribution in [1.29, 1.82) is 0 Å². The topological polar surface area (TPSA) is 49.9 Å². The van der Waals surface area contributed by atoms with E-state index in [9.17, 15) is 9.59 Å². The maximum absolute atomic E-state index is 13.6. The summed E-state index contributed by atoms with van der Waals surface area (Å²) in [5.74, 6) is 1.22. The number of benzene rings is 2. The number of para-hydroxylation sites is 1. The van der Waals surface area contributed by atoms with Crippen LogP contribution in [-0.2, 0) is 11.2 Å². The van der Waals surface area contributed by atoms with Crippen LogP contribution < -0.4 is 4.74 Å². The van der Waals surface area contributed by atoms with Gasteiger partial charge in [0.15, 0.2) is 0 Å². The van der Waals surface area contributed by atoms with E-state index in [2.05, 4.69) is 11.4 Å². The molecule has 1 aliphatic heterocycles. The Hall–Kier alpha value is -3.12. The highest BCUT2D eigenvalue weighted by atomic mass is 32.1. The summed E-state index contributed by atoms with van der Waals surface area (Å²) in [6, 6.07) is 19.3. The average Bonchev–Trinajstić information content (AvgIpc) is 3.55. The van der Waals surface area contributed by atoms with Crippen LogP contribution in [0.25, 0.3) is 0 Å². The summed E-state index contributed by atoms with van der Waals surface area (Å²) in [6.45, 7) is 3.79. The van der Waals surface area contributed by atoms with Gasteiger partial charge >= 0.3 is 0 Å². The zero-order chi connectivity index (χ0) is 23.5. The minimum Gasteiger partial charge on any atom is -0.491 e. The third kappa shape index (κ3) is 5.17. The Morgan fingerprint density at radius 3 is 2.56 bits per heavy atom. The van der Waals surface area contributed by atoms with Crippen LogP contribution in [0.1, 0.15) is 45.2 Å². The van der Waals surface area contributed by atoms with Gasteiger partial charge in [0.05, 0.1) is 6.04 Å². The van der Waals surface area contributed by atoms with Crippen molar-refractivity contribution < 1.29 is 14.3 Å². The van der Waals surface area contributed by atoms with Crippen LogP contribution in [-0.4, -0.2) is 47.9 Å². The van der Waals surface area contributed by atoms with Crippen molar-refractivity contribution in [2.45, 2.75) is 32.2 Å². The van der Waals surface area contributed by atoms with Crippen molar-refractivity contribution in [3.8, 4) is 5.75 Å². The Morgan fingerprint density at radius 2 is 1.82 bits per heavy atom. The predicted molar refractivity (Wildman–Crippen MR) is 134 cm³/mol. The molecule has 2 amide bonds. The van der Waals surface area contributed by atoms with Crippen LogP contribution >= 0.6 is 11.3 Å². The van der Waals surface area contributed by atoms with Gasteiger partial charge in [-0.1, -0.05) is 35.9 Å². The van der Waals surface area contributed by atoms with Crippen molar-refractivity contribution in [2.75, 3.05) is 26.2 Å². The first-order chi connectivity index (χ1) is 16.6. The normalized spacial score (nSPS) is 17.2. The fourth-order valence-electron chi connectivity index (χ4n) is 4.53. The summed E-state index contributed by atoms with van der Waals surface area (Å²) in [7, 11) is 0. The Balaban J connectivity index is 1.33. The van der Waals surface area contributed by atoms with Gasteiger partial charge in [-0.2, -0.15) is 0 Å². The molecule has 1 unspecified atom stereocenters. The predicted octanol–water partition coefficient (Wildman–Crippen LogP) is 5.11. The van der Waals surface area contributed by atoms with E-state index in [-0.39, 0.29) is 24.4 Å². The first kappa shape index (κ1) is 22.7. The summed E-state index contributed by atoms with van der Waals surface area (Å²) in [4.78, 5) is 31.9. The van der Waals surface area contributed by atoms with E-state index in [1.807, 2.05) is 66.4 Å². The molecule has 6 heteroatoms. The van der Waals surface area contributed by atoms with Gasteiger partial charge < -0.3 is 14.5 Å². The zero-order valence-electron chi connectivity index (χ0n) is 19.5. The number of hydrogen-bond acceptors (Lipinski definition) is 4. The van der Waals surface area contributed by atoms with Gasteiger partial charge in [-0.25, -0.2) is 0 Å². The molecule has 34 heavy (non-hydrogen) atoms. The van der Waals surface area contributed by atoms with E-state index in [0.717, 1.165) is 30.6 Å². The van der Waals surface area contributed by atoms with Gasteiger partial charge in [0.2, 0.25) is 5.91 Å². The van der Waals surface area contributed by atoms with E-state index in [1.165, 1.54) is 10.4 Å². The van der Waals surface area contributed by atoms with Crippen LogP contribution in [0.15, 0.2) is 66.0 Å². The number of rotatable bonds is 8. The van der Waals surface area contributed by atoms with Crippen molar-refractivity contribution in [1.82, 2.24) is 9.80 Å². The molecule has 2 aliphatic rings. The molecule has 176 valence electrons. The number of nitrogens with zero attached hydrogens (tertiary/aromatic N) is 2. The molecule has 2 aromatic carbocycles. The molecule has 0 bridgehead atoms. The lowest BCUT2D eigenvalue weighted by atomic mass is 10.00. The van der Waals surface area contributed by atoms with E-state index in [1.54, 1.807) is 16.2 Å². The summed E-state index contributed by atoms with van der Waals surface area (Å²) >= 11 is 1.74. The lowest BCUT2D eigenvalue weighted by Crippen LogP contribution is -2.48. The summed E-state index contributed by atoms with van der Waals surface area (Å²) in [5.41, 5.74) is 2.92. The van der Waals surface area contributed by atoms with Gasteiger partial charge in [-0.05, 0) is 73.4 Å². The number of ether oxygens (including phenoxy) is 1. The molecule has 0 radical (unpaired) electrons. The monoisotopic (exact) mass is 474 g/mol. The molecular formula is C28H30N2O3S.